The van der Waals surface area contributed by atoms with Crippen LogP contribution in [0.2, 0.25) is 0 Å². The maximum absolute atomic E-state index is 10.9. The van der Waals surface area contributed by atoms with Gasteiger partial charge in [0.25, 0.3) is 0 Å². The van der Waals surface area contributed by atoms with E-state index in [-0.39, 0.29) is 0 Å². The third kappa shape index (κ3) is 2.02. The first-order chi connectivity index (χ1) is 5.52. The molecular formula is C7H10N2O2S. The van der Waals surface area contributed by atoms with Gasteiger partial charge in [0.05, 0.1) is 5.69 Å². The zero-order chi connectivity index (χ0) is 9.19. The van der Waals surface area contributed by atoms with Gasteiger partial charge in [-0.15, -0.1) is 0 Å². The summed E-state index contributed by atoms with van der Waals surface area (Å²) in [5.74, 6) is 0. The fourth-order valence-electron chi connectivity index (χ4n) is 0.785. The van der Waals surface area contributed by atoms with Gasteiger partial charge in [0, 0.05) is 6.20 Å². The maximum Gasteiger partial charge on any atom is 0.217 e. The predicted molar refractivity (Wildman–Crippen MR) is 45.8 cm³/mol. The number of pyridine rings is 1. The summed E-state index contributed by atoms with van der Waals surface area (Å²) in [5.41, 5.74) is 0.472. The third-order valence-corrected chi connectivity index (χ3v) is 2.82. The third-order valence-electron chi connectivity index (χ3n) is 1.60. The number of primary sulfonamides is 1. The van der Waals surface area contributed by atoms with Gasteiger partial charge in [-0.05, 0) is 19.1 Å². The SMILES string of the molecule is C[C@@H](c1ccccn1)S(N)(=O)=O. The maximum atomic E-state index is 10.9. The first-order valence-electron chi connectivity index (χ1n) is 3.44. The molecule has 0 saturated heterocycles. The van der Waals surface area contributed by atoms with Crippen LogP contribution in [0.5, 0.6) is 0 Å². The number of nitrogens with zero attached hydrogens (tertiary/aromatic N) is 1. The van der Waals surface area contributed by atoms with E-state index in [1.165, 1.54) is 13.1 Å². The summed E-state index contributed by atoms with van der Waals surface area (Å²) in [5, 5.41) is 4.21. The van der Waals surface area contributed by atoms with E-state index in [1.54, 1.807) is 18.2 Å². The molecule has 0 aliphatic rings. The number of nitrogens with two attached hydrogens (primary N) is 1. The van der Waals surface area contributed by atoms with Gasteiger partial charge in [0.15, 0.2) is 0 Å². The molecular weight excluding hydrogens is 176 g/mol. The molecule has 0 aromatic carbocycles. The summed E-state index contributed by atoms with van der Waals surface area (Å²) >= 11 is 0. The van der Waals surface area contributed by atoms with Crippen LogP contribution < -0.4 is 5.14 Å². The lowest BCUT2D eigenvalue weighted by Crippen LogP contribution is -2.19. The summed E-state index contributed by atoms with van der Waals surface area (Å²) in [4.78, 5) is 3.89. The average Bonchev–Trinajstić information content (AvgIpc) is 2.03. The van der Waals surface area contributed by atoms with Crippen LogP contribution in [0.4, 0.5) is 0 Å². The molecule has 1 aromatic rings. The summed E-state index contributed by atoms with van der Waals surface area (Å²) in [6.45, 7) is 1.51. The van der Waals surface area contributed by atoms with Crippen molar-refractivity contribution in [3.63, 3.8) is 0 Å². The predicted octanol–water partition coefficient (Wildman–Crippen LogP) is 0.431. The van der Waals surface area contributed by atoms with Crippen LogP contribution >= 0.6 is 0 Å². The normalized spacial score (nSPS) is 14.2. The molecule has 0 aliphatic heterocycles. The topological polar surface area (TPSA) is 73.0 Å². The van der Waals surface area contributed by atoms with Crippen molar-refractivity contribution < 1.29 is 8.42 Å². The summed E-state index contributed by atoms with van der Waals surface area (Å²) in [7, 11) is -3.52. The fraction of sp³-hybridized carbons (Fsp3) is 0.286. The second kappa shape index (κ2) is 3.20. The summed E-state index contributed by atoms with van der Waals surface area (Å²) < 4.78 is 21.7. The molecule has 0 bridgehead atoms. The number of hydrogen-bond donors (Lipinski definition) is 1. The minimum absolute atomic E-state index is 0.472. The Bertz CT molecular complexity index is 347. The molecule has 0 amide bonds. The Morgan fingerprint density at radius 3 is 2.58 bits per heavy atom. The molecule has 0 aliphatic carbocycles. The van der Waals surface area contributed by atoms with Crippen LogP contribution in [0.25, 0.3) is 0 Å². The van der Waals surface area contributed by atoms with Crippen LogP contribution in [0.15, 0.2) is 24.4 Å². The highest BCUT2D eigenvalue weighted by atomic mass is 32.2. The summed E-state index contributed by atoms with van der Waals surface area (Å²) in [6, 6.07) is 5.08. The van der Waals surface area contributed by atoms with E-state index in [9.17, 15) is 8.42 Å². The quantitative estimate of drug-likeness (QED) is 0.728. The van der Waals surface area contributed by atoms with Crippen LogP contribution in [0, 0.1) is 0 Å². The second-order valence-electron chi connectivity index (χ2n) is 2.49. The van der Waals surface area contributed by atoms with Crippen molar-refractivity contribution in [2.24, 2.45) is 5.14 Å². The van der Waals surface area contributed by atoms with Gasteiger partial charge in [-0.3, -0.25) is 4.98 Å². The number of sulfonamides is 1. The van der Waals surface area contributed by atoms with Crippen LogP contribution in [0.1, 0.15) is 17.9 Å². The Morgan fingerprint density at radius 2 is 2.17 bits per heavy atom. The Labute approximate surface area is 71.5 Å². The first-order valence-corrected chi connectivity index (χ1v) is 5.05. The lowest BCUT2D eigenvalue weighted by atomic mass is 10.3. The van der Waals surface area contributed by atoms with Gasteiger partial charge in [-0.1, -0.05) is 6.07 Å². The highest BCUT2D eigenvalue weighted by Crippen LogP contribution is 2.15. The Balaban J connectivity index is 3.02. The van der Waals surface area contributed by atoms with Crippen molar-refractivity contribution in [3.8, 4) is 0 Å². The largest absolute Gasteiger partial charge is 0.260 e. The molecule has 1 rings (SSSR count). The second-order valence-corrected chi connectivity index (χ2v) is 4.37. The molecule has 66 valence electrons. The molecule has 1 heterocycles. The van der Waals surface area contributed by atoms with E-state index >= 15 is 0 Å². The van der Waals surface area contributed by atoms with Crippen LogP contribution in [-0.2, 0) is 10.0 Å². The molecule has 0 fully saturated rings. The molecule has 1 aromatic heterocycles. The smallest absolute Gasteiger partial charge is 0.217 e. The van der Waals surface area contributed by atoms with E-state index in [2.05, 4.69) is 4.98 Å². The number of hydrogen-bond acceptors (Lipinski definition) is 3. The minimum Gasteiger partial charge on any atom is -0.260 e. The van der Waals surface area contributed by atoms with Gasteiger partial charge in [0.2, 0.25) is 10.0 Å². The van der Waals surface area contributed by atoms with Crippen molar-refractivity contribution >= 4 is 10.0 Å². The van der Waals surface area contributed by atoms with E-state index in [0.29, 0.717) is 5.69 Å². The molecule has 1 atom stereocenters. The van der Waals surface area contributed by atoms with E-state index in [4.69, 9.17) is 5.14 Å². The van der Waals surface area contributed by atoms with Gasteiger partial charge in [0.1, 0.15) is 5.25 Å². The van der Waals surface area contributed by atoms with E-state index in [0.717, 1.165) is 0 Å². The Kier molecular flexibility index (Phi) is 2.44. The molecule has 0 unspecified atom stereocenters. The van der Waals surface area contributed by atoms with Crippen molar-refractivity contribution in [1.29, 1.82) is 0 Å². The lowest BCUT2D eigenvalue weighted by molar-refractivity contribution is 0.586. The number of rotatable bonds is 2. The monoisotopic (exact) mass is 186 g/mol. The van der Waals surface area contributed by atoms with Crippen molar-refractivity contribution in [3.05, 3.63) is 30.1 Å². The van der Waals surface area contributed by atoms with Crippen LogP contribution in [-0.4, -0.2) is 13.4 Å². The van der Waals surface area contributed by atoms with Gasteiger partial charge < -0.3 is 0 Å². The van der Waals surface area contributed by atoms with E-state index in [1.807, 2.05) is 0 Å². The van der Waals surface area contributed by atoms with Crippen LogP contribution in [0.3, 0.4) is 0 Å². The lowest BCUT2D eigenvalue weighted by Gasteiger charge is -2.06. The fourth-order valence-corrected chi connectivity index (χ4v) is 1.26. The van der Waals surface area contributed by atoms with Crippen molar-refractivity contribution in [2.45, 2.75) is 12.2 Å². The van der Waals surface area contributed by atoms with E-state index < -0.39 is 15.3 Å². The van der Waals surface area contributed by atoms with Gasteiger partial charge >= 0.3 is 0 Å². The Morgan fingerprint density at radius 1 is 1.50 bits per heavy atom. The Hall–Kier alpha value is -0.940. The highest BCUT2D eigenvalue weighted by molar-refractivity contribution is 7.89. The van der Waals surface area contributed by atoms with Gasteiger partial charge in [-0.2, -0.15) is 0 Å². The van der Waals surface area contributed by atoms with Gasteiger partial charge in [-0.25, -0.2) is 13.6 Å². The number of aromatic nitrogens is 1. The molecule has 5 heteroatoms. The summed E-state index contributed by atoms with van der Waals surface area (Å²) in [6.07, 6.45) is 1.54. The standard InChI is InChI=1S/C7H10N2O2S/c1-6(12(8,10)11)7-4-2-3-5-9-7/h2-6H,1H3,(H2,8,10,11)/t6-/m0/s1. The van der Waals surface area contributed by atoms with Crippen molar-refractivity contribution in [2.75, 3.05) is 0 Å². The average molecular weight is 186 g/mol. The molecule has 0 saturated carbocycles. The molecule has 2 N–H and O–H groups in total. The molecule has 12 heavy (non-hydrogen) atoms. The molecule has 0 spiro atoms. The molecule has 4 nitrogen and oxygen atoms in total. The van der Waals surface area contributed by atoms with Crippen molar-refractivity contribution in [1.82, 2.24) is 4.98 Å². The minimum atomic E-state index is -3.52. The zero-order valence-electron chi connectivity index (χ0n) is 6.64. The molecule has 0 radical (unpaired) electrons. The zero-order valence-corrected chi connectivity index (χ0v) is 7.45. The highest BCUT2D eigenvalue weighted by Gasteiger charge is 2.18. The first kappa shape index (κ1) is 9.15.